The van der Waals surface area contributed by atoms with Crippen LogP contribution in [-0.2, 0) is 9.47 Å². The van der Waals surface area contributed by atoms with E-state index in [4.69, 9.17) is 14.7 Å². The fourth-order valence-electron chi connectivity index (χ4n) is 3.49. The van der Waals surface area contributed by atoms with Gasteiger partial charge in [0, 0.05) is 16.8 Å². The lowest BCUT2D eigenvalue weighted by Crippen LogP contribution is -2.50. The van der Waals surface area contributed by atoms with Gasteiger partial charge in [0.1, 0.15) is 5.60 Å². The molecular weight excluding hydrogens is 365 g/mol. The first-order valence-electron chi connectivity index (χ1n) is 7.92. The lowest BCUT2D eigenvalue weighted by molar-refractivity contribution is -0.155. The molecule has 2 aliphatic heterocycles. The van der Waals surface area contributed by atoms with E-state index in [-0.39, 0.29) is 23.7 Å². The maximum absolute atomic E-state index is 8.98. The minimum Gasteiger partial charge on any atom is -0.372 e. The Hall–Kier alpha value is 0.140. The van der Waals surface area contributed by atoms with E-state index in [1.807, 2.05) is 6.92 Å². The number of ether oxygens (including phenoxy) is 2. The molecule has 20 heavy (non-hydrogen) atoms. The van der Waals surface area contributed by atoms with Gasteiger partial charge in [0.05, 0.1) is 24.4 Å². The molecule has 0 aromatic heterocycles. The van der Waals surface area contributed by atoms with Crippen molar-refractivity contribution in [3.63, 3.8) is 0 Å². The summed E-state index contributed by atoms with van der Waals surface area (Å²) in [6.07, 6.45) is 8.55. The van der Waals surface area contributed by atoms with Crippen LogP contribution in [-0.4, -0.2) is 28.3 Å². The van der Waals surface area contributed by atoms with Crippen LogP contribution < -0.4 is 0 Å². The maximum atomic E-state index is 8.98. The fraction of sp³-hybridized carbons (Fsp3) is 0.938. The Labute approximate surface area is 136 Å². The number of nitrogens with zero attached hydrogens (tertiary/aromatic N) is 1. The quantitative estimate of drug-likeness (QED) is 0.503. The third-order valence-electron chi connectivity index (χ3n) is 4.61. The van der Waals surface area contributed by atoms with Crippen molar-refractivity contribution in [3.8, 4) is 6.07 Å². The van der Waals surface area contributed by atoms with Crippen LogP contribution in [0.1, 0.15) is 58.8 Å². The van der Waals surface area contributed by atoms with Crippen molar-refractivity contribution in [3.05, 3.63) is 0 Å². The van der Waals surface area contributed by atoms with Crippen LogP contribution in [0.25, 0.3) is 0 Å². The lowest BCUT2D eigenvalue weighted by Gasteiger charge is -2.41. The van der Waals surface area contributed by atoms with Crippen LogP contribution >= 0.6 is 22.6 Å². The van der Waals surface area contributed by atoms with Crippen LogP contribution in [0, 0.1) is 17.2 Å². The van der Waals surface area contributed by atoms with Gasteiger partial charge in [-0.3, -0.25) is 0 Å². The molecule has 0 spiro atoms. The van der Waals surface area contributed by atoms with Crippen LogP contribution in [0.4, 0.5) is 0 Å². The Balaban J connectivity index is 1.96. The number of unbranched alkanes of at least 4 members (excludes halogenated alkanes) is 1. The number of hydrogen-bond donors (Lipinski definition) is 0. The zero-order valence-electron chi connectivity index (χ0n) is 12.6. The van der Waals surface area contributed by atoms with Crippen molar-refractivity contribution < 1.29 is 9.47 Å². The molecule has 2 rings (SSSR count). The average Bonchev–Trinajstić information content (AvgIpc) is 2.83. The lowest BCUT2D eigenvalue weighted by atomic mass is 9.86. The summed E-state index contributed by atoms with van der Waals surface area (Å²) in [5.74, 6) is 0.0843. The van der Waals surface area contributed by atoms with E-state index >= 15 is 0 Å². The van der Waals surface area contributed by atoms with Crippen LogP contribution in [0.3, 0.4) is 0 Å². The van der Waals surface area contributed by atoms with Crippen LogP contribution in [0.2, 0.25) is 0 Å². The molecule has 0 bridgehead atoms. The Bertz CT molecular complexity index is 357. The highest BCUT2D eigenvalue weighted by atomic mass is 127. The van der Waals surface area contributed by atoms with Gasteiger partial charge >= 0.3 is 0 Å². The normalized spacial score (nSPS) is 38.2. The van der Waals surface area contributed by atoms with Crippen molar-refractivity contribution in [2.75, 3.05) is 4.43 Å². The largest absolute Gasteiger partial charge is 0.372 e. The fourth-order valence-corrected chi connectivity index (χ4v) is 4.47. The predicted octanol–water partition coefficient (Wildman–Crippen LogP) is 4.24. The van der Waals surface area contributed by atoms with E-state index < -0.39 is 0 Å². The van der Waals surface area contributed by atoms with Gasteiger partial charge in [0.15, 0.2) is 0 Å². The molecule has 5 atom stereocenters. The molecule has 0 aromatic rings. The molecule has 2 aliphatic rings. The summed E-state index contributed by atoms with van der Waals surface area (Å²) < 4.78 is 13.7. The molecule has 114 valence electrons. The number of rotatable bonds is 6. The second-order valence-electron chi connectivity index (χ2n) is 6.37. The highest BCUT2D eigenvalue weighted by Gasteiger charge is 2.52. The monoisotopic (exact) mass is 391 g/mol. The second kappa shape index (κ2) is 7.42. The zero-order chi connectivity index (χ0) is 14.6. The minimum atomic E-state index is -0.0862. The molecule has 2 fully saturated rings. The average molecular weight is 391 g/mol. The number of hydrogen-bond acceptors (Lipinski definition) is 3. The van der Waals surface area contributed by atoms with Gasteiger partial charge < -0.3 is 9.47 Å². The summed E-state index contributed by atoms with van der Waals surface area (Å²) in [6, 6.07) is 2.33. The van der Waals surface area contributed by atoms with Gasteiger partial charge in [-0.05, 0) is 32.6 Å². The smallest absolute Gasteiger partial charge is 0.106 e. The first kappa shape index (κ1) is 16.5. The summed E-state index contributed by atoms with van der Waals surface area (Å²) in [4.78, 5) is 0. The molecule has 0 aliphatic carbocycles. The summed E-state index contributed by atoms with van der Waals surface area (Å²) >= 11 is 2.45. The van der Waals surface area contributed by atoms with Gasteiger partial charge in [0.2, 0.25) is 0 Å². The van der Waals surface area contributed by atoms with E-state index in [2.05, 4.69) is 35.6 Å². The van der Waals surface area contributed by atoms with Gasteiger partial charge in [0.25, 0.3) is 0 Å². The summed E-state index contributed by atoms with van der Waals surface area (Å²) in [5.41, 5.74) is -0.0862. The highest BCUT2D eigenvalue weighted by molar-refractivity contribution is 14.1. The van der Waals surface area contributed by atoms with E-state index in [0.29, 0.717) is 6.10 Å². The Morgan fingerprint density at radius 2 is 2.20 bits per heavy atom. The number of alkyl halides is 1. The SMILES string of the molecule is CCCCC1C[C@]2(CI)O[C@@H](C[C@@H](C)C#N)CC[C@@H]2O1. The van der Waals surface area contributed by atoms with Crippen molar-refractivity contribution in [2.24, 2.45) is 5.92 Å². The van der Waals surface area contributed by atoms with Gasteiger partial charge in [-0.2, -0.15) is 5.26 Å². The van der Waals surface area contributed by atoms with Crippen LogP contribution in [0.15, 0.2) is 0 Å². The van der Waals surface area contributed by atoms with E-state index in [1.54, 1.807) is 0 Å². The van der Waals surface area contributed by atoms with Gasteiger partial charge in [-0.15, -0.1) is 0 Å². The summed E-state index contributed by atoms with van der Waals surface area (Å²) in [6.45, 7) is 4.22. The molecule has 1 unspecified atom stereocenters. The van der Waals surface area contributed by atoms with E-state index in [9.17, 15) is 0 Å². The molecule has 0 amide bonds. The first-order valence-corrected chi connectivity index (χ1v) is 9.45. The topological polar surface area (TPSA) is 42.2 Å². The van der Waals surface area contributed by atoms with E-state index in [1.165, 1.54) is 12.8 Å². The molecule has 0 radical (unpaired) electrons. The summed E-state index contributed by atoms with van der Waals surface area (Å²) in [7, 11) is 0. The molecule has 0 aromatic carbocycles. The highest BCUT2D eigenvalue weighted by Crippen LogP contribution is 2.44. The standard InChI is InChI=1S/C16H26INO2/c1-3-4-5-14-9-16(11-17)15(19-14)7-6-13(20-16)8-12(2)10-18/h12-15H,3-9,11H2,1-2H3/t12-,13-,14?,15+,16-/m1/s1. The minimum absolute atomic E-state index is 0.0843. The van der Waals surface area contributed by atoms with Crippen molar-refractivity contribution in [1.29, 1.82) is 5.26 Å². The molecule has 3 nitrogen and oxygen atoms in total. The number of nitriles is 1. The van der Waals surface area contributed by atoms with Crippen molar-refractivity contribution in [2.45, 2.75) is 82.7 Å². The Morgan fingerprint density at radius 1 is 1.40 bits per heavy atom. The van der Waals surface area contributed by atoms with Crippen LogP contribution in [0.5, 0.6) is 0 Å². The predicted molar refractivity (Wildman–Crippen MR) is 87.9 cm³/mol. The third-order valence-corrected chi connectivity index (χ3v) is 5.90. The van der Waals surface area contributed by atoms with Crippen molar-refractivity contribution >= 4 is 22.6 Å². The zero-order valence-corrected chi connectivity index (χ0v) is 14.8. The first-order chi connectivity index (χ1) is 9.63. The van der Waals surface area contributed by atoms with Gasteiger partial charge in [-0.25, -0.2) is 0 Å². The number of fused-ring (bicyclic) bond motifs is 1. The third kappa shape index (κ3) is 3.66. The number of halogens is 1. The molecule has 2 heterocycles. The summed E-state index contributed by atoms with van der Waals surface area (Å²) in [5, 5.41) is 8.98. The Morgan fingerprint density at radius 3 is 2.85 bits per heavy atom. The second-order valence-corrected chi connectivity index (χ2v) is 7.14. The molecular formula is C16H26INO2. The molecule has 4 heteroatoms. The van der Waals surface area contributed by atoms with E-state index in [0.717, 1.165) is 36.5 Å². The maximum Gasteiger partial charge on any atom is 0.106 e. The molecule has 0 N–H and O–H groups in total. The molecule has 0 saturated carbocycles. The molecule has 2 saturated heterocycles. The Kier molecular flexibility index (Phi) is 6.12. The van der Waals surface area contributed by atoms with Gasteiger partial charge in [-0.1, -0.05) is 42.4 Å². The van der Waals surface area contributed by atoms with Crippen molar-refractivity contribution in [1.82, 2.24) is 0 Å².